The van der Waals surface area contributed by atoms with Crippen LogP contribution in [0.3, 0.4) is 0 Å². The fourth-order valence-electron chi connectivity index (χ4n) is 2.00. The maximum Gasteiger partial charge on any atom is 0.270 e. The van der Waals surface area contributed by atoms with Crippen LogP contribution in [-0.2, 0) is 0 Å². The predicted octanol–water partition coefficient (Wildman–Crippen LogP) is 2.61. The fourth-order valence-corrected chi connectivity index (χ4v) is 2.81. The monoisotopic (exact) mass is 335 g/mol. The second kappa shape index (κ2) is 7.80. The summed E-state index contributed by atoms with van der Waals surface area (Å²) < 4.78 is 0. The molecule has 1 unspecified atom stereocenters. The van der Waals surface area contributed by atoms with Gasteiger partial charge in [0.1, 0.15) is 10.7 Å². The SMILES string of the molecule is CC(CCCO)NC(=O)c1csc(-c2ccc([N+](=O)[O-])cc2)n1. The molecule has 8 heteroatoms. The third-order valence-corrected chi connectivity index (χ3v) is 4.13. The molecule has 23 heavy (non-hydrogen) atoms. The molecule has 0 saturated heterocycles. The first-order chi connectivity index (χ1) is 11.0. The van der Waals surface area contributed by atoms with Crippen molar-refractivity contribution >= 4 is 22.9 Å². The van der Waals surface area contributed by atoms with Gasteiger partial charge in [0.25, 0.3) is 11.6 Å². The Bertz CT molecular complexity index is 684. The molecule has 0 bridgehead atoms. The number of nitro groups is 1. The summed E-state index contributed by atoms with van der Waals surface area (Å²) in [5.41, 5.74) is 1.06. The summed E-state index contributed by atoms with van der Waals surface area (Å²) in [4.78, 5) is 26.5. The molecule has 2 aromatic rings. The molecule has 1 aromatic carbocycles. The summed E-state index contributed by atoms with van der Waals surface area (Å²) in [6.45, 7) is 1.97. The number of thiazole rings is 1. The van der Waals surface area contributed by atoms with Gasteiger partial charge in [0.15, 0.2) is 0 Å². The lowest BCUT2D eigenvalue weighted by molar-refractivity contribution is -0.384. The van der Waals surface area contributed by atoms with Crippen LogP contribution in [0.1, 0.15) is 30.3 Å². The summed E-state index contributed by atoms with van der Waals surface area (Å²) in [7, 11) is 0. The minimum absolute atomic E-state index is 0.0148. The number of aromatic nitrogens is 1. The molecule has 0 aliphatic heterocycles. The second-order valence-electron chi connectivity index (χ2n) is 5.08. The lowest BCUT2D eigenvalue weighted by Crippen LogP contribution is -2.32. The standard InChI is InChI=1S/C15H17N3O4S/c1-10(3-2-8-19)16-14(20)13-9-23-15(17-13)11-4-6-12(7-5-11)18(21)22/h4-7,9-10,19H,2-3,8H2,1H3,(H,16,20). The van der Waals surface area contributed by atoms with Crippen LogP contribution in [-0.4, -0.2) is 33.6 Å². The zero-order valence-electron chi connectivity index (χ0n) is 12.6. The van der Waals surface area contributed by atoms with E-state index in [1.807, 2.05) is 6.92 Å². The minimum Gasteiger partial charge on any atom is -0.396 e. The number of carbonyl (C=O) groups is 1. The average Bonchev–Trinajstić information content (AvgIpc) is 3.03. The third-order valence-electron chi connectivity index (χ3n) is 3.23. The Morgan fingerprint density at radius 1 is 1.43 bits per heavy atom. The Morgan fingerprint density at radius 3 is 2.74 bits per heavy atom. The van der Waals surface area contributed by atoms with Crippen LogP contribution >= 0.6 is 11.3 Å². The van der Waals surface area contributed by atoms with Crippen molar-refractivity contribution in [3.05, 3.63) is 45.5 Å². The van der Waals surface area contributed by atoms with Gasteiger partial charge in [-0.05, 0) is 31.9 Å². The molecule has 1 aromatic heterocycles. The smallest absolute Gasteiger partial charge is 0.270 e. The molecule has 0 aliphatic carbocycles. The average molecular weight is 335 g/mol. The molecule has 1 atom stereocenters. The number of rotatable bonds is 7. The van der Waals surface area contributed by atoms with Crippen molar-refractivity contribution in [1.29, 1.82) is 0 Å². The molecular formula is C15H17N3O4S. The summed E-state index contributed by atoms with van der Waals surface area (Å²) in [5, 5.41) is 24.5. The maximum absolute atomic E-state index is 12.1. The van der Waals surface area contributed by atoms with Crippen molar-refractivity contribution in [3.8, 4) is 10.6 Å². The summed E-state index contributed by atoms with van der Waals surface area (Å²) >= 11 is 1.31. The maximum atomic E-state index is 12.1. The molecule has 0 fully saturated rings. The van der Waals surface area contributed by atoms with Crippen LogP contribution < -0.4 is 5.32 Å². The number of amides is 1. The van der Waals surface area contributed by atoms with Crippen LogP contribution in [0, 0.1) is 10.1 Å². The molecule has 122 valence electrons. The van der Waals surface area contributed by atoms with Gasteiger partial charge in [-0.15, -0.1) is 11.3 Å². The molecule has 2 N–H and O–H groups in total. The van der Waals surface area contributed by atoms with Crippen molar-refractivity contribution in [2.45, 2.75) is 25.8 Å². The van der Waals surface area contributed by atoms with E-state index >= 15 is 0 Å². The molecular weight excluding hydrogens is 318 g/mol. The Kier molecular flexibility index (Phi) is 5.78. The van der Waals surface area contributed by atoms with E-state index in [-0.39, 0.29) is 24.2 Å². The van der Waals surface area contributed by atoms with Gasteiger partial charge >= 0.3 is 0 Å². The number of nitro benzene ring substituents is 1. The van der Waals surface area contributed by atoms with Gasteiger partial charge in [0.05, 0.1) is 4.92 Å². The highest BCUT2D eigenvalue weighted by atomic mass is 32.1. The third kappa shape index (κ3) is 4.57. The van der Waals surface area contributed by atoms with Crippen molar-refractivity contribution in [3.63, 3.8) is 0 Å². The molecule has 2 rings (SSSR count). The van der Waals surface area contributed by atoms with E-state index in [4.69, 9.17) is 5.11 Å². The zero-order chi connectivity index (χ0) is 16.8. The predicted molar refractivity (Wildman–Crippen MR) is 87.5 cm³/mol. The Labute approximate surface area is 137 Å². The molecule has 0 spiro atoms. The lowest BCUT2D eigenvalue weighted by atomic mass is 10.2. The van der Waals surface area contributed by atoms with Gasteiger partial charge in [0, 0.05) is 35.7 Å². The quantitative estimate of drug-likeness (QED) is 0.597. The van der Waals surface area contributed by atoms with Crippen LogP contribution in [0.2, 0.25) is 0 Å². The summed E-state index contributed by atoms with van der Waals surface area (Å²) in [6.07, 6.45) is 1.33. The fraction of sp³-hybridized carbons (Fsp3) is 0.333. The Balaban J connectivity index is 2.05. The van der Waals surface area contributed by atoms with E-state index < -0.39 is 4.92 Å². The van der Waals surface area contributed by atoms with E-state index in [1.165, 1.54) is 23.5 Å². The van der Waals surface area contributed by atoms with Gasteiger partial charge < -0.3 is 10.4 Å². The van der Waals surface area contributed by atoms with Crippen molar-refractivity contribution < 1.29 is 14.8 Å². The molecule has 1 heterocycles. The van der Waals surface area contributed by atoms with E-state index in [0.29, 0.717) is 23.5 Å². The number of non-ortho nitro benzene ring substituents is 1. The molecule has 0 saturated carbocycles. The van der Waals surface area contributed by atoms with E-state index in [9.17, 15) is 14.9 Å². The molecule has 7 nitrogen and oxygen atoms in total. The highest BCUT2D eigenvalue weighted by molar-refractivity contribution is 7.13. The first-order valence-electron chi connectivity index (χ1n) is 7.13. The van der Waals surface area contributed by atoms with Crippen LogP contribution in [0.25, 0.3) is 10.6 Å². The number of hydrogen-bond donors (Lipinski definition) is 2. The van der Waals surface area contributed by atoms with E-state index in [1.54, 1.807) is 17.5 Å². The summed E-state index contributed by atoms with van der Waals surface area (Å²) in [6, 6.07) is 6.01. The van der Waals surface area contributed by atoms with Gasteiger partial charge in [-0.1, -0.05) is 0 Å². The van der Waals surface area contributed by atoms with Crippen molar-refractivity contribution in [1.82, 2.24) is 10.3 Å². The van der Waals surface area contributed by atoms with Crippen molar-refractivity contribution in [2.75, 3.05) is 6.61 Å². The second-order valence-corrected chi connectivity index (χ2v) is 5.94. The largest absolute Gasteiger partial charge is 0.396 e. The highest BCUT2D eigenvalue weighted by Gasteiger charge is 2.14. The van der Waals surface area contributed by atoms with Crippen LogP contribution in [0.5, 0.6) is 0 Å². The van der Waals surface area contributed by atoms with Crippen LogP contribution in [0.15, 0.2) is 29.6 Å². The van der Waals surface area contributed by atoms with Gasteiger partial charge in [-0.25, -0.2) is 4.98 Å². The number of nitrogens with zero attached hydrogens (tertiary/aromatic N) is 2. The first-order valence-corrected chi connectivity index (χ1v) is 8.01. The topological polar surface area (TPSA) is 105 Å². The van der Waals surface area contributed by atoms with E-state index in [2.05, 4.69) is 10.3 Å². The Morgan fingerprint density at radius 2 is 2.13 bits per heavy atom. The number of hydrogen-bond acceptors (Lipinski definition) is 6. The lowest BCUT2D eigenvalue weighted by Gasteiger charge is -2.11. The number of benzene rings is 1. The summed E-state index contributed by atoms with van der Waals surface area (Å²) in [5.74, 6) is -0.264. The van der Waals surface area contributed by atoms with Crippen molar-refractivity contribution in [2.24, 2.45) is 0 Å². The highest BCUT2D eigenvalue weighted by Crippen LogP contribution is 2.25. The Hall–Kier alpha value is -2.32. The normalized spacial score (nSPS) is 11.9. The number of carbonyl (C=O) groups excluding carboxylic acids is 1. The zero-order valence-corrected chi connectivity index (χ0v) is 13.4. The van der Waals surface area contributed by atoms with Gasteiger partial charge in [0.2, 0.25) is 0 Å². The van der Waals surface area contributed by atoms with E-state index in [0.717, 1.165) is 5.56 Å². The van der Waals surface area contributed by atoms with Crippen LogP contribution in [0.4, 0.5) is 5.69 Å². The minimum atomic E-state index is -0.460. The molecule has 0 aliphatic rings. The number of aliphatic hydroxyl groups excluding tert-OH is 1. The number of aliphatic hydroxyl groups is 1. The van der Waals surface area contributed by atoms with Gasteiger partial charge in [-0.2, -0.15) is 0 Å². The van der Waals surface area contributed by atoms with Gasteiger partial charge in [-0.3, -0.25) is 14.9 Å². The molecule has 0 radical (unpaired) electrons. The molecule has 1 amide bonds. The first kappa shape index (κ1) is 17.0. The number of nitrogens with one attached hydrogen (secondary N) is 1.